The molecule has 0 aromatic heterocycles. The Labute approximate surface area is 135 Å². The van der Waals surface area contributed by atoms with Crippen molar-refractivity contribution < 1.29 is 10.2 Å². The van der Waals surface area contributed by atoms with Crippen LogP contribution in [-0.4, -0.2) is 21.9 Å². The largest absolute Gasteiger partial charge is 0.390 e. The third kappa shape index (κ3) is 3.72. The molecule has 0 aromatic rings. The Morgan fingerprint density at radius 2 is 1.91 bits per heavy atom. The van der Waals surface area contributed by atoms with Gasteiger partial charge in [-0.2, -0.15) is 0 Å². The second kappa shape index (κ2) is 6.72. The highest BCUT2D eigenvalue weighted by Gasteiger charge is 2.43. The lowest BCUT2D eigenvalue weighted by molar-refractivity contribution is 0.0320. The van der Waals surface area contributed by atoms with Crippen LogP contribution in [0, 0.1) is 17.8 Å². The Balaban J connectivity index is 2.48. The van der Waals surface area contributed by atoms with Crippen LogP contribution in [-0.2, 0) is 0 Å². The smallest absolute Gasteiger partial charge is 0.0789 e. The number of fused-ring (bicyclic) bond motifs is 1. The predicted molar refractivity (Wildman–Crippen MR) is 92.5 cm³/mol. The van der Waals surface area contributed by atoms with Crippen molar-refractivity contribution >= 4 is 0 Å². The van der Waals surface area contributed by atoms with Crippen LogP contribution in [0.4, 0.5) is 0 Å². The van der Waals surface area contributed by atoms with E-state index in [4.69, 9.17) is 0 Å². The van der Waals surface area contributed by atoms with Gasteiger partial charge < -0.3 is 10.2 Å². The zero-order chi connectivity index (χ0) is 16.5. The molecule has 22 heavy (non-hydrogen) atoms. The lowest BCUT2D eigenvalue weighted by atomic mass is 9.79. The van der Waals surface area contributed by atoms with Gasteiger partial charge in [0.05, 0.1) is 11.7 Å². The van der Waals surface area contributed by atoms with Crippen LogP contribution in [0.5, 0.6) is 0 Å². The molecule has 124 valence electrons. The topological polar surface area (TPSA) is 40.5 Å². The monoisotopic (exact) mass is 304 g/mol. The van der Waals surface area contributed by atoms with Crippen molar-refractivity contribution in [3.8, 4) is 0 Å². The van der Waals surface area contributed by atoms with E-state index >= 15 is 0 Å². The molecule has 0 spiro atoms. The highest BCUT2D eigenvalue weighted by molar-refractivity contribution is 5.24. The fraction of sp³-hybridized carbons (Fsp3) is 0.700. The summed E-state index contributed by atoms with van der Waals surface area (Å²) in [5, 5.41) is 21.5. The fourth-order valence-corrected chi connectivity index (χ4v) is 4.03. The molecule has 0 saturated heterocycles. The minimum Gasteiger partial charge on any atom is -0.390 e. The van der Waals surface area contributed by atoms with Crippen molar-refractivity contribution in [3.05, 3.63) is 34.9 Å². The van der Waals surface area contributed by atoms with Gasteiger partial charge in [0.25, 0.3) is 0 Å². The summed E-state index contributed by atoms with van der Waals surface area (Å²) in [4.78, 5) is 0. The summed E-state index contributed by atoms with van der Waals surface area (Å²) in [6.45, 7) is 10.5. The highest BCUT2D eigenvalue weighted by Crippen LogP contribution is 2.46. The van der Waals surface area contributed by atoms with Gasteiger partial charge >= 0.3 is 0 Å². The van der Waals surface area contributed by atoms with Gasteiger partial charge in [-0.1, -0.05) is 43.2 Å². The van der Waals surface area contributed by atoms with Crippen molar-refractivity contribution in [1.29, 1.82) is 0 Å². The molecule has 0 amide bonds. The summed E-state index contributed by atoms with van der Waals surface area (Å²) in [5.74, 6) is 0.793. The van der Waals surface area contributed by atoms with E-state index in [9.17, 15) is 10.2 Å². The molecule has 2 aliphatic carbocycles. The molecule has 4 atom stereocenters. The van der Waals surface area contributed by atoms with E-state index < -0.39 is 11.7 Å². The summed E-state index contributed by atoms with van der Waals surface area (Å²) in [5.41, 5.74) is 3.03. The number of allylic oxidation sites excluding steroid dienone is 3. The van der Waals surface area contributed by atoms with Crippen molar-refractivity contribution in [1.82, 2.24) is 0 Å². The van der Waals surface area contributed by atoms with E-state index in [2.05, 4.69) is 45.9 Å². The third-order valence-electron chi connectivity index (χ3n) is 5.54. The normalized spacial score (nSPS) is 44.2. The van der Waals surface area contributed by atoms with E-state index in [1.807, 2.05) is 6.92 Å². The van der Waals surface area contributed by atoms with Crippen molar-refractivity contribution in [3.63, 3.8) is 0 Å². The van der Waals surface area contributed by atoms with Gasteiger partial charge in [-0.15, -0.1) is 0 Å². The maximum atomic E-state index is 10.8. The van der Waals surface area contributed by atoms with E-state index in [0.29, 0.717) is 18.3 Å². The van der Waals surface area contributed by atoms with Crippen molar-refractivity contribution in [2.75, 3.05) is 0 Å². The second-order valence-electron chi connectivity index (χ2n) is 7.80. The number of aliphatic hydroxyl groups excluding tert-OH is 1. The maximum Gasteiger partial charge on any atom is 0.0789 e. The summed E-state index contributed by atoms with van der Waals surface area (Å²) in [7, 11) is 0. The van der Waals surface area contributed by atoms with E-state index in [0.717, 1.165) is 24.8 Å². The summed E-state index contributed by atoms with van der Waals surface area (Å²) >= 11 is 0. The van der Waals surface area contributed by atoms with Gasteiger partial charge in [-0.25, -0.2) is 0 Å². The summed E-state index contributed by atoms with van der Waals surface area (Å²) < 4.78 is 0. The first-order valence-electron chi connectivity index (χ1n) is 8.66. The Bertz CT molecular complexity index is 494. The number of hydrogen-bond donors (Lipinski definition) is 2. The van der Waals surface area contributed by atoms with Gasteiger partial charge in [0.1, 0.15) is 0 Å². The van der Waals surface area contributed by atoms with E-state index in [1.54, 1.807) is 0 Å². The Kier molecular flexibility index (Phi) is 5.34. The van der Waals surface area contributed by atoms with Gasteiger partial charge in [0.15, 0.2) is 0 Å². The van der Waals surface area contributed by atoms with E-state index in [1.165, 1.54) is 11.1 Å². The predicted octanol–water partition coefficient (Wildman–Crippen LogP) is 4.39. The molecular weight excluding hydrogens is 272 g/mol. The maximum absolute atomic E-state index is 10.8. The van der Waals surface area contributed by atoms with Gasteiger partial charge in [0, 0.05) is 5.92 Å². The van der Waals surface area contributed by atoms with Crippen LogP contribution in [0.25, 0.3) is 0 Å². The third-order valence-corrected chi connectivity index (χ3v) is 5.54. The molecule has 0 heterocycles. The minimum atomic E-state index is -0.670. The molecular formula is C20H32O2. The molecule has 0 aromatic carbocycles. The molecule has 2 N–H and O–H groups in total. The van der Waals surface area contributed by atoms with Crippen LogP contribution in [0.1, 0.15) is 60.3 Å². The SMILES string of the molecule is C/C1=C/C/C=C(\C)C[C@H](O)/C(C(C)C)=C/[C@@H]2[C@@H]1CC[C@]2(C)O. The average Bonchev–Trinajstić information content (AvgIpc) is 2.68. The molecule has 0 unspecified atom stereocenters. The average molecular weight is 304 g/mol. The molecule has 0 bridgehead atoms. The van der Waals surface area contributed by atoms with Crippen LogP contribution in [0.15, 0.2) is 34.9 Å². The zero-order valence-electron chi connectivity index (χ0n) is 14.8. The molecule has 1 saturated carbocycles. The van der Waals surface area contributed by atoms with Crippen molar-refractivity contribution in [2.24, 2.45) is 17.8 Å². The summed E-state index contributed by atoms with van der Waals surface area (Å²) in [6, 6.07) is 0. The van der Waals surface area contributed by atoms with E-state index in [-0.39, 0.29) is 5.92 Å². The van der Waals surface area contributed by atoms with Crippen LogP contribution < -0.4 is 0 Å². The molecule has 2 rings (SSSR count). The fourth-order valence-electron chi connectivity index (χ4n) is 4.03. The second-order valence-corrected chi connectivity index (χ2v) is 7.80. The molecule has 2 heteroatoms. The zero-order valence-corrected chi connectivity index (χ0v) is 14.8. The lowest BCUT2D eigenvalue weighted by Crippen LogP contribution is -2.32. The number of hydrogen-bond acceptors (Lipinski definition) is 2. The first-order valence-corrected chi connectivity index (χ1v) is 8.66. The molecule has 0 aliphatic heterocycles. The first kappa shape index (κ1) is 17.5. The minimum absolute atomic E-state index is 0.106. The van der Waals surface area contributed by atoms with Crippen LogP contribution in [0.3, 0.4) is 0 Å². The van der Waals surface area contributed by atoms with Gasteiger partial charge in [0.2, 0.25) is 0 Å². The van der Waals surface area contributed by atoms with Crippen LogP contribution in [0.2, 0.25) is 0 Å². The Morgan fingerprint density at radius 1 is 1.23 bits per heavy atom. The Hall–Kier alpha value is -0.860. The van der Waals surface area contributed by atoms with Crippen molar-refractivity contribution in [2.45, 2.75) is 72.0 Å². The summed E-state index contributed by atoms with van der Waals surface area (Å²) in [6.07, 6.45) is 9.75. The quantitative estimate of drug-likeness (QED) is 0.705. The lowest BCUT2D eigenvalue weighted by Gasteiger charge is -2.30. The van der Waals surface area contributed by atoms with Gasteiger partial charge in [-0.3, -0.25) is 0 Å². The molecule has 2 aliphatic rings. The molecule has 0 radical (unpaired) electrons. The number of rotatable bonds is 1. The Morgan fingerprint density at radius 3 is 2.55 bits per heavy atom. The number of aliphatic hydroxyl groups is 2. The standard InChI is InChI=1S/C20H32O2/c1-13(2)17-12-18-16(9-10-20(18,5)22)15(4)8-6-7-14(3)11-19(17)21/h7-8,12-13,16,18-19,21-22H,6,9-11H2,1-5H3/b14-7+,15-8-,17-12+/t16-,18-,19+,20+/m1/s1. The molecule has 1 fully saturated rings. The molecule has 2 nitrogen and oxygen atoms in total. The highest BCUT2D eigenvalue weighted by atomic mass is 16.3. The first-order chi connectivity index (χ1) is 10.2. The van der Waals surface area contributed by atoms with Gasteiger partial charge in [-0.05, 0) is 63.9 Å². The van der Waals surface area contributed by atoms with Crippen LogP contribution >= 0.6 is 0 Å².